The summed E-state index contributed by atoms with van der Waals surface area (Å²) in [4.78, 5) is 15.3. The van der Waals surface area contributed by atoms with Gasteiger partial charge in [-0.25, -0.2) is 0 Å². The Morgan fingerprint density at radius 3 is 2.33 bits per heavy atom. The maximum absolute atomic E-state index is 13.8. The number of alkyl halides is 3. The van der Waals surface area contributed by atoms with Gasteiger partial charge < -0.3 is 14.4 Å². The fourth-order valence-electron chi connectivity index (χ4n) is 4.74. The van der Waals surface area contributed by atoms with Gasteiger partial charge in [-0.1, -0.05) is 54.6 Å². The Morgan fingerprint density at radius 1 is 0.923 bits per heavy atom. The van der Waals surface area contributed by atoms with E-state index in [2.05, 4.69) is 4.98 Å². The second kappa shape index (κ2) is 10.6. The van der Waals surface area contributed by atoms with E-state index in [0.717, 1.165) is 28.5 Å². The van der Waals surface area contributed by atoms with Gasteiger partial charge in [-0.15, -0.1) is 0 Å². The van der Waals surface area contributed by atoms with Crippen molar-refractivity contribution < 1.29 is 27.8 Å². The van der Waals surface area contributed by atoms with Gasteiger partial charge in [-0.2, -0.15) is 13.2 Å². The van der Waals surface area contributed by atoms with Gasteiger partial charge in [0.2, 0.25) is 0 Å². The molecule has 3 aromatic carbocycles. The Morgan fingerprint density at radius 2 is 1.64 bits per heavy atom. The number of para-hydroxylation sites is 1. The highest BCUT2D eigenvalue weighted by molar-refractivity contribution is 5.98. The van der Waals surface area contributed by atoms with Crippen molar-refractivity contribution in [3.05, 3.63) is 119 Å². The molecule has 198 valence electrons. The second-order valence-electron chi connectivity index (χ2n) is 9.28. The number of fused-ring (bicyclic) bond motifs is 1. The van der Waals surface area contributed by atoms with Crippen LogP contribution in [0.3, 0.4) is 0 Å². The molecule has 5 rings (SSSR count). The van der Waals surface area contributed by atoms with Gasteiger partial charge in [0, 0.05) is 24.3 Å². The van der Waals surface area contributed by atoms with E-state index in [1.165, 1.54) is 12.3 Å². The van der Waals surface area contributed by atoms with Gasteiger partial charge in [0.1, 0.15) is 12.4 Å². The van der Waals surface area contributed by atoms with E-state index in [9.17, 15) is 18.0 Å². The summed E-state index contributed by atoms with van der Waals surface area (Å²) in [5.41, 5.74) is 3.93. The number of hydrogen-bond donors (Lipinski definition) is 1. The number of nitrogens with zero attached hydrogens (tertiary/aromatic N) is 2. The summed E-state index contributed by atoms with van der Waals surface area (Å²) in [6, 6.07) is 24.7. The van der Waals surface area contributed by atoms with Gasteiger partial charge in [-0.05, 0) is 59.0 Å². The van der Waals surface area contributed by atoms with Gasteiger partial charge in [0.05, 0.1) is 23.2 Å². The van der Waals surface area contributed by atoms with E-state index in [4.69, 9.17) is 9.84 Å². The third kappa shape index (κ3) is 5.65. The van der Waals surface area contributed by atoms with E-state index in [0.29, 0.717) is 28.8 Å². The lowest BCUT2D eigenvalue weighted by Gasteiger charge is -2.17. The Labute approximate surface area is 223 Å². The van der Waals surface area contributed by atoms with Crippen LogP contribution in [0.5, 0.6) is 5.75 Å². The molecule has 0 aliphatic rings. The molecule has 2 heterocycles. The van der Waals surface area contributed by atoms with Crippen LogP contribution in [-0.4, -0.2) is 20.6 Å². The molecule has 39 heavy (non-hydrogen) atoms. The first-order chi connectivity index (χ1) is 18.7. The van der Waals surface area contributed by atoms with Crippen LogP contribution in [0.15, 0.2) is 91.1 Å². The number of rotatable bonds is 8. The minimum Gasteiger partial charge on any atom is -0.487 e. The van der Waals surface area contributed by atoms with Gasteiger partial charge in [0.25, 0.3) is 0 Å². The highest BCUT2D eigenvalue weighted by atomic mass is 19.4. The lowest BCUT2D eigenvalue weighted by atomic mass is 9.92. The largest absolute Gasteiger partial charge is 0.487 e. The summed E-state index contributed by atoms with van der Waals surface area (Å²) in [5, 5.41) is 9.48. The van der Waals surface area contributed by atoms with Crippen LogP contribution in [0.4, 0.5) is 13.2 Å². The number of carboxylic acids is 1. The molecule has 0 saturated carbocycles. The molecule has 0 unspecified atom stereocenters. The zero-order chi connectivity index (χ0) is 27.6. The van der Waals surface area contributed by atoms with Crippen LogP contribution in [-0.2, 0) is 37.5 Å². The standard InChI is InChI=1S/C31H25F3N2O3/c1-36-23(17-28(37)38)12-13-24(36)19-39-25-14-10-21(11-15-25)29-22(16-20-6-3-2-4-7-20)18-35-30-26(29)8-5-9-27(30)31(32,33)34/h2-15,18H,16-17,19H2,1H3,(H,37,38). The minimum absolute atomic E-state index is 0.0769. The van der Waals surface area contributed by atoms with Crippen LogP contribution >= 0.6 is 0 Å². The zero-order valence-electron chi connectivity index (χ0n) is 21.1. The highest BCUT2D eigenvalue weighted by Crippen LogP contribution is 2.39. The monoisotopic (exact) mass is 530 g/mol. The normalized spacial score (nSPS) is 11.6. The number of hydrogen-bond acceptors (Lipinski definition) is 3. The number of ether oxygens (including phenoxy) is 1. The first-order valence-corrected chi connectivity index (χ1v) is 12.3. The molecule has 0 fully saturated rings. The maximum atomic E-state index is 13.8. The molecule has 0 atom stereocenters. The summed E-state index contributed by atoms with van der Waals surface area (Å²) in [6.07, 6.45) is -2.55. The van der Waals surface area contributed by atoms with Crippen molar-refractivity contribution in [3.8, 4) is 16.9 Å². The molecule has 8 heteroatoms. The van der Waals surface area contributed by atoms with Crippen molar-refractivity contribution in [2.24, 2.45) is 7.05 Å². The molecular weight excluding hydrogens is 505 g/mol. The lowest BCUT2D eigenvalue weighted by molar-refractivity contribution is -0.137. The van der Waals surface area contributed by atoms with E-state index < -0.39 is 17.7 Å². The van der Waals surface area contributed by atoms with Crippen LogP contribution in [0.2, 0.25) is 0 Å². The number of aliphatic carboxylic acids is 1. The molecule has 0 saturated heterocycles. The quantitative estimate of drug-likeness (QED) is 0.233. The second-order valence-corrected chi connectivity index (χ2v) is 9.28. The molecule has 0 radical (unpaired) electrons. The maximum Gasteiger partial charge on any atom is 0.418 e. The van der Waals surface area contributed by atoms with Crippen molar-refractivity contribution in [2.75, 3.05) is 0 Å². The minimum atomic E-state index is -4.52. The Hall–Kier alpha value is -4.59. The van der Waals surface area contributed by atoms with Crippen LogP contribution in [0.25, 0.3) is 22.0 Å². The number of carboxylic acid groups (broad SMARTS) is 1. The Balaban J connectivity index is 1.49. The predicted molar refractivity (Wildman–Crippen MR) is 143 cm³/mol. The summed E-state index contributed by atoms with van der Waals surface area (Å²) >= 11 is 0. The van der Waals surface area contributed by atoms with Crippen molar-refractivity contribution >= 4 is 16.9 Å². The van der Waals surface area contributed by atoms with Crippen molar-refractivity contribution in [3.63, 3.8) is 0 Å². The van der Waals surface area contributed by atoms with Crippen molar-refractivity contribution in [1.82, 2.24) is 9.55 Å². The molecule has 5 aromatic rings. The average molecular weight is 531 g/mol. The van der Waals surface area contributed by atoms with E-state index >= 15 is 0 Å². The van der Waals surface area contributed by atoms with Crippen molar-refractivity contribution in [1.29, 1.82) is 0 Å². The van der Waals surface area contributed by atoms with E-state index in [1.807, 2.05) is 48.5 Å². The zero-order valence-corrected chi connectivity index (χ0v) is 21.1. The van der Waals surface area contributed by atoms with Gasteiger partial charge in [-0.3, -0.25) is 9.78 Å². The smallest absolute Gasteiger partial charge is 0.418 e. The van der Waals surface area contributed by atoms with E-state index in [-0.39, 0.29) is 18.5 Å². The number of aromatic nitrogens is 2. The molecule has 0 spiro atoms. The number of halogens is 3. The fraction of sp³-hybridized carbons (Fsp3) is 0.161. The molecule has 1 N–H and O–H groups in total. The molecule has 0 aliphatic carbocycles. The molecular formula is C31H25F3N2O3. The Bertz CT molecular complexity index is 1630. The first-order valence-electron chi connectivity index (χ1n) is 12.3. The SMILES string of the molecule is Cn1c(COc2ccc(-c3c(Cc4ccccc4)cnc4c(C(F)(F)F)cccc34)cc2)ccc1CC(=O)O. The lowest BCUT2D eigenvalue weighted by Crippen LogP contribution is -2.08. The van der Waals surface area contributed by atoms with Gasteiger partial charge in [0.15, 0.2) is 0 Å². The van der Waals surface area contributed by atoms with E-state index in [1.54, 1.807) is 35.9 Å². The van der Waals surface area contributed by atoms with Crippen LogP contribution < -0.4 is 4.74 Å². The number of pyridine rings is 1. The average Bonchev–Trinajstić information content (AvgIpc) is 3.25. The third-order valence-corrected chi connectivity index (χ3v) is 6.71. The topological polar surface area (TPSA) is 64.4 Å². The molecule has 5 nitrogen and oxygen atoms in total. The fourth-order valence-corrected chi connectivity index (χ4v) is 4.74. The summed E-state index contributed by atoms with van der Waals surface area (Å²) < 4.78 is 49.1. The molecule has 0 aliphatic heterocycles. The molecule has 0 amide bonds. The summed E-state index contributed by atoms with van der Waals surface area (Å²) in [7, 11) is 1.79. The predicted octanol–water partition coefficient (Wildman–Crippen LogP) is 7.06. The Kier molecular flexibility index (Phi) is 7.11. The number of benzene rings is 3. The number of carbonyl (C=O) groups is 1. The van der Waals surface area contributed by atoms with Crippen molar-refractivity contribution in [2.45, 2.75) is 25.6 Å². The third-order valence-electron chi connectivity index (χ3n) is 6.71. The highest BCUT2D eigenvalue weighted by Gasteiger charge is 2.33. The van der Waals surface area contributed by atoms with Crippen LogP contribution in [0.1, 0.15) is 28.1 Å². The summed E-state index contributed by atoms with van der Waals surface area (Å²) in [6.45, 7) is 0.238. The van der Waals surface area contributed by atoms with Gasteiger partial charge >= 0.3 is 12.1 Å². The molecule has 0 bridgehead atoms. The first kappa shape index (κ1) is 26.0. The summed E-state index contributed by atoms with van der Waals surface area (Å²) in [5.74, 6) is -0.324. The molecule has 2 aromatic heterocycles. The van der Waals surface area contributed by atoms with Crippen LogP contribution in [0, 0.1) is 0 Å².